The van der Waals surface area contributed by atoms with Gasteiger partial charge in [-0.3, -0.25) is 9.59 Å². The number of nitrogens with one attached hydrogen (secondary N) is 2. The van der Waals surface area contributed by atoms with Crippen molar-refractivity contribution in [3.63, 3.8) is 0 Å². The van der Waals surface area contributed by atoms with Gasteiger partial charge in [0, 0.05) is 11.5 Å². The highest BCUT2D eigenvalue weighted by atomic mass is 35.5. The van der Waals surface area contributed by atoms with Crippen LogP contribution in [-0.2, 0) is 9.84 Å². The highest BCUT2D eigenvalue weighted by molar-refractivity contribution is 7.92. The van der Waals surface area contributed by atoms with E-state index < -0.39 is 21.1 Å². The Hall–Kier alpha value is -2.95. The van der Waals surface area contributed by atoms with Gasteiger partial charge in [-0.1, -0.05) is 54.7 Å². The maximum absolute atomic E-state index is 13.8. The summed E-state index contributed by atoms with van der Waals surface area (Å²) in [6, 6.07) is 3.69. The normalized spacial score (nSPS) is 15.1. The maximum atomic E-state index is 13.8. The van der Waals surface area contributed by atoms with E-state index in [1.54, 1.807) is 25.3 Å². The number of anilines is 2. The molecule has 1 amide bonds. The van der Waals surface area contributed by atoms with Crippen LogP contribution in [0.5, 0.6) is 0 Å². The van der Waals surface area contributed by atoms with Crippen LogP contribution in [-0.4, -0.2) is 30.6 Å². The fourth-order valence-electron chi connectivity index (χ4n) is 5.05. The van der Waals surface area contributed by atoms with E-state index in [-0.39, 0.29) is 32.4 Å². The van der Waals surface area contributed by atoms with Gasteiger partial charge in [0.05, 0.1) is 10.6 Å². The number of benzene rings is 1. The molecular formula is C28H32ClN3O5S2. The van der Waals surface area contributed by atoms with Gasteiger partial charge in [-0.25, -0.2) is 8.42 Å². The Morgan fingerprint density at radius 2 is 1.85 bits per heavy atom. The van der Waals surface area contributed by atoms with Gasteiger partial charge in [0.2, 0.25) is 15.7 Å². The van der Waals surface area contributed by atoms with Crippen LogP contribution in [0.15, 0.2) is 39.6 Å². The number of carbonyl (C=O) groups is 2. The van der Waals surface area contributed by atoms with E-state index >= 15 is 0 Å². The molecule has 11 heteroatoms. The Kier molecular flexibility index (Phi) is 8.68. The molecule has 1 fully saturated rings. The first-order chi connectivity index (χ1) is 18.4. The smallest absolute Gasteiger partial charge is 0.267 e. The van der Waals surface area contributed by atoms with E-state index in [4.69, 9.17) is 16.1 Å². The molecule has 3 aromatic rings. The van der Waals surface area contributed by atoms with Crippen molar-refractivity contribution in [2.45, 2.75) is 70.1 Å². The van der Waals surface area contributed by atoms with Gasteiger partial charge in [-0.15, -0.1) is 11.3 Å². The molecular weight excluding hydrogens is 558 g/mol. The number of rotatable bonds is 9. The number of nitrogens with zero attached hydrogens (tertiary/aromatic N) is 1. The van der Waals surface area contributed by atoms with E-state index in [0.717, 1.165) is 54.6 Å². The third-order valence-electron chi connectivity index (χ3n) is 6.97. The molecule has 1 aliphatic carbocycles. The Bertz CT molecular complexity index is 1530. The fourth-order valence-corrected chi connectivity index (χ4v) is 8.21. The molecule has 2 heterocycles. The van der Waals surface area contributed by atoms with E-state index in [1.807, 2.05) is 19.9 Å². The molecule has 2 N–H and O–H groups in total. The standard InChI is InChI=1S/C28H32ClN3O5S2/c1-6-21(31-28-23(29)18(5)32-37-28)39(35,36)26-17(4)14-38-25(26)27(34)30-20-13-15(2)12-16(3)22(20)24(33)19-10-8-7-9-11-19/h6,12-14,19,21,31H,1,7-11H2,2-5H3,(H,30,34). The molecule has 1 aromatic carbocycles. The van der Waals surface area contributed by atoms with Crippen LogP contribution in [0.4, 0.5) is 11.6 Å². The lowest BCUT2D eigenvalue weighted by Crippen LogP contribution is -2.29. The average Bonchev–Trinajstić information content (AvgIpc) is 3.44. The van der Waals surface area contributed by atoms with E-state index in [1.165, 1.54) is 6.08 Å². The number of ketones is 1. The van der Waals surface area contributed by atoms with Crippen molar-refractivity contribution in [1.82, 2.24) is 5.16 Å². The molecule has 2 aromatic heterocycles. The second-order valence-electron chi connectivity index (χ2n) is 9.99. The van der Waals surface area contributed by atoms with Gasteiger partial charge >= 0.3 is 0 Å². The molecule has 1 saturated carbocycles. The summed E-state index contributed by atoms with van der Waals surface area (Å²) in [6.07, 6.45) is 6.00. The number of halogens is 1. The van der Waals surface area contributed by atoms with E-state index in [0.29, 0.717) is 22.5 Å². The molecule has 0 saturated heterocycles. The SMILES string of the molecule is C=CC(Nc1onc(C)c1Cl)S(=O)(=O)c1c(C)csc1C(=O)Nc1cc(C)cc(C)c1C(=O)C1CCCCC1. The predicted octanol–water partition coefficient (Wildman–Crippen LogP) is 7.04. The number of amides is 1. The Balaban J connectivity index is 1.68. The summed E-state index contributed by atoms with van der Waals surface area (Å²) in [6.45, 7) is 10.7. The highest BCUT2D eigenvalue weighted by Crippen LogP contribution is 2.35. The quantitative estimate of drug-likeness (QED) is 0.203. The first-order valence-electron chi connectivity index (χ1n) is 12.7. The minimum atomic E-state index is -4.16. The van der Waals surface area contributed by atoms with Gasteiger partial charge < -0.3 is 15.2 Å². The van der Waals surface area contributed by atoms with Crippen molar-refractivity contribution in [1.29, 1.82) is 0 Å². The van der Waals surface area contributed by atoms with Crippen LogP contribution in [0.25, 0.3) is 0 Å². The molecule has 0 radical (unpaired) electrons. The third-order valence-corrected chi connectivity index (χ3v) is 10.7. The highest BCUT2D eigenvalue weighted by Gasteiger charge is 2.34. The van der Waals surface area contributed by atoms with Crippen LogP contribution < -0.4 is 10.6 Å². The number of sulfone groups is 1. The third kappa shape index (κ3) is 5.83. The lowest BCUT2D eigenvalue weighted by Gasteiger charge is -2.23. The maximum Gasteiger partial charge on any atom is 0.267 e. The van der Waals surface area contributed by atoms with E-state index in [2.05, 4.69) is 22.4 Å². The molecule has 39 heavy (non-hydrogen) atoms. The van der Waals surface area contributed by atoms with Gasteiger partial charge in [0.1, 0.15) is 15.6 Å². The van der Waals surface area contributed by atoms with Crippen molar-refractivity contribution in [3.8, 4) is 0 Å². The summed E-state index contributed by atoms with van der Waals surface area (Å²) in [5, 5.41) is 9.76. The number of thiophene rings is 1. The van der Waals surface area contributed by atoms with Crippen molar-refractivity contribution < 1.29 is 22.5 Å². The summed E-state index contributed by atoms with van der Waals surface area (Å²) in [4.78, 5) is 27.1. The molecule has 0 spiro atoms. The van der Waals surface area contributed by atoms with Crippen molar-refractivity contribution >= 4 is 56.0 Å². The van der Waals surface area contributed by atoms with Gasteiger partial charge in [0.15, 0.2) is 11.2 Å². The Morgan fingerprint density at radius 1 is 1.15 bits per heavy atom. The average molecular weight is 590 g/mol. The second-order valence-corrected chi connectivity index (χ2v) is 13.3. The zero-order valence-corrected chi connectivity index (χ0v) is 24.8. The summed E-state index contributed by atoms with van der Waals surface area (Å²) < 4.78 is 32.7. The summed E-state index contributed by atoms with van der Waals surface area (Å²) in [5.74, 6) is -0.678. The molecule has 208 valence electrons. The molecule has 1 aliphatic rings. The number of Topliss-reactive ketones (excluding diaryl/α,β-unsaturated/α-hetero) is 1. The summed E-state index contributed by atoms with van der Waals surface area (Å²) in [5.41, 5.74) is 3.36. The number of aryl methyl sites for hydroxylation is 4. The van der Waals surface area contributed by atoms with Crippen LogP contribution >= 0.6 is 22.9 Å². The van der Waals surface area contributed by atoms with Gasteiger partial charge in [-0.2, -0.15) is 0 Å². The Morgan fingerprint density at radius 3 is 2.46 bits per heavy atom. The number of hydrogen-bond donors (Lipinski definition) is 2. The lowest BCUT2D eigenvalue weighted by atomic mass is 9.82. The first-order valence-corrected chi connectivity index (χ1v) is 15.6. The summed E-state index contributed by atoms with van der Waals surface area (Å²) >= 11 is 7.20. The van der Waals surface area contributed by atoms with Crippen molar-refractivity contribution in [2.24, 2.45) is 5.92 Å². The van der Waals surface area contributed by atoms with Gasteiger partial charge in [-0.05, 0) is 68.7 Å². The molecule has 1 unspecified atom stereocenters. The van der Waals surface area contributed by atoms with Crippen LogP contribution in [0.1, 0.15) is 74.5 Å². The number of carbonyl (C=O) groups excluding carboxylic acids is 2. The van der Waals surface area contributed by atoms with Crippen molar-refractivity contribution in [3.05, 3.63) is 68.0 Å². The molecule has 4 rings (SSSR count). The van der Waals surface area contributed by atoms with E-state index in [9.17, 15) is 18.0 Å². The zero-order valence-electron chi connectivity index (χ0n) is 22.4. The first kappa shape index (κ1) is 29.0. The lowest BCUT2D eigenvalue weighted by molar-refractivity contribution is 0.0890. The van der Waals surface area contributed by atoms with Crippen molar-refractivity contribution in [2.75, 3.05) is 10.6 Å². The minimum absolute atomic E-state index is 0.0104. The monoisotopic (exact) mass is 589 g/mol. The summed E-state index contributed by atoms with van der Waals surface area (Å²) in [7, 11) is -4.16. The molecule has 0 aliphatic heterocycles. The molecule has 8 nitrogen and oxygen atoms in total. The number of aromatic nitrogens is 1. The molecule has 0 bridgehead atoms. The van der Waals surface area contributed by atoms with Crippen LogP contribution in [0.3, 0.4) is 0 Å². The largest absolute Gasteiger partial charge is 0.337 e. The minimum Gasteiger partial charge on any atom is -0.337 e. The zero-order chi connectivity index (χ0) is 28.5. The second kappa shape index (κ2) is 11.7. The fraction of sp³-hybridized carbons (Fsp3) is 0.393. The van der Waals surface area contributed by atoms with Crippen LogP contribution in [0, 0.1) is 33.6 Å². The predicted molar refractivity (Wildman–Crippen MR) is 155 cm³/mol. The van der Waals surface area contributed by atoms with Crippen LogP contribution in [0.2, 0.25) is 5.02 Å². The Labute approximate surface area is 237 Å². The topological polar surface area (TPSA) is 118 Å². The molecule has 1 atom stereocenters. The number of hydrogen-bond acceptors (Lipinski definition) is 8. The van der Waals surface area contributed by atoms with Gasteiger partial charge in [0.25, 0.3) is 5.91 Å².